The molecule has 3 heterocycles. The number of benzene rings is 1. The summed E-state index contributed by atoms with van der Waals surface area (Å²) in [6.45, 7) is 4.14. The summed E-state index contributed by atoms with van der Waals surface area (Å²) in [6, 6.07) is 5.52. The number of nitrogens with one attached hydrogen (secondary N) is 1. The van der Waals surface area contributed by atoms with Crippen LogP contribution < -0.4 is 10.2 Å². The Hall–Kier alpha value is -2.25. The van der Waals surface area contributed by atoms with E-state index in [0.29, 0.717) is 17.2 Å². The van der Waals surface area contributed by atoms with Gasteiger partial charge in [0.05, 0.1) is 5.69 Å². The average molecular weight is 356 g/mol. The maximum Gasteiger partial charge on any atom is 0.257 e. The van der Waals surface area contributed by atoms with Crippen LogP contribution >= 0.6 is 11.3 Å². The molecule has 0 radical (unpaired) electrons. The van der Waals surface area contributed by atoms with Crippen molar-refractivity contribution in [2.75, 3.05) is 30.4 Å². The molecule has 0 saturated heterocycles. The number of aromatic nitrogens is 1. The number of hydrogen-bond donors (Lipinski definition) is 1. The van der Waals surface area contributed by atoms with Gasteiger partial charge in [-0.15, -0.1) is 11.3 Å². The van der Waals surface area contributed by atoms with Crippen LogP contribution in [0.2, 0.25) is 0 Å². The standard InChI is InChI=1S/C18H20N4O2S/c1-11(23)22-8-5-12-9-13(3-4-15(12)22)17(24)20-18-19-14-6-7-21(2)10-16(14)25-18/h3-4,9H,5-8,10H2,1-2H3,(H,19,20,24). The number of carbonyl (C=O) groups excluding carboxylic acids is 2. The number of hydrogen-bond acceptors (Lipinski definition) is 5. The molecule has 2 aliphatic rings. The van der Waals surface area contributed by atoms with Crippen LogP contribution in [-0.4, -0.2) is 41.8 Å². The molecule has 0 aliphatic carbocycles. The predicted molar refractivity (Wildman–Crippen MR) is 98.3 cm³/mol. The zero-order chi connectivity index (χ0) is 17.6. The van der Waals surface area contributed by atoms with E-state index < -0.39 is 0 Å². The predicted octanol–water partition coefficient (Wildman–Crippen LogP) is 2.29. The summed E-state index contributed by atoms with van der Waals surface area (Å²) in [7, 11) is 2.09. The highest BCUT2D eigenvalue weighted by atomic mass is 32.1. The van der Waals surface area contributed by atoms with Crippen LogP contribution in [0, 0.1) is 0 Å². The monoisotopic (exact) mass is 356 g/mol. The quantitative estimate of drug-likeness (QED) is 0.897. The molecule has 0 saturated carbocycles. The molecule has 25 heavy (non-hydrogen) atoms. The maximum absolute atomic E-state index is 12.6. The molecule has 0 atom stereocenters. The van der Waals surface area contributed by atoms with Crippen molar-refractivity contribution >= 4 is 34.0 Å². The van der Waals surface area contributed by atoms with Gasteiger partial charge in [-0.05, 0) is 37.2 Å². The first-order chi connectivity index (χ1) is 12.0. The Bertz CT molecular complexity index is 861. The van der Waals surface area contributed by atoms with Crippen LogP contribution in [0.3, 0.4) is 0 Å². The second-order valence-electron chi connectivity index (χ2n) is 6.59. The highest BCUT2D eigenvalue weighted by Crippen LogP contribution is 2.30. The van der Waals surface area contributed by atoms with Gasteiger partial charge in [-0.3, -0.25) is 14.9 Å². The molecule has 2 amide bonds. The van der Waals surface area contributed by atoms with E-state index in [4.69, 9.17) is 0 Å². The second-order valence-corrected chi connectivity index (χ2v) is 7.68. The lowest BCUT2D eigenvalue weighted by Crippen LogP contribution is -2.25. The summed E-state index contributed by atoms with van der Waals surface area (Å²) in [5, 5.41) is 3.59. The van der Waals surface area contributed by atoms with Crippen LogP contribution in [0.15, 0.2) is 18.2 Å². The molecule has 0 fully saturated rings. The fourth-order valence-electron chi connectivity index (χ4n) is 3.42. The number of likely N-dealkylation sites (N-methyl/N-ethyl adjacent to an activating group) is 1. The molecule has 1 N–H and O–H groups in total. The summed E-state index contributed by atoms with van der Waals surface area (Å²) in [6.07, 6.45) is 1.71. The number of nitrogens with zero attached hydrogens (tertiary/aromatic N) is 3. The SMILES string of the molecule is CC(=O)N1CCc2cc(C(=O)Nc3nc4c(s3)CN(C)CC4)ccc21. The molecule has 2 aliphatic heterocycles. The third-order valence-corrected chi connectivity index (χ3v) is 5.76. The Labute approximate surface area is 150 Å². The topological polar surface area (TPSA) is 65.5 Å². The van der Waals surface area contributed by atoms with E-state index >= 15 is 0 Å². The molecule has 1 aromatic carbocycles. The summed E-state index contributed by atoms with van der Waals surface area (Å²) >= 11 is 1.55. The summed E-state index contributed by atoms with van der Waals surface area (Å²) in [5.74, 6) is -0.113. The largest absolute Gasteiger partial charge is 0.312 e. The fourth-order valence-corrected chi connectivity index (χ4v) is 4.50. The first kappa shape index (κ1) is 16.2. The Balaban J connectivity index is 1.52. The van der Waals surface area contributed by atoms with Gasteiger partial charge >= 0.3 is 0 Å². The van der Waals surface area contributed by atoms with Gasteiger partial charge in [-0.25, -0.2) is 4.98 Å². The Kier molecular flexibility index (Phi) is 4.05. The smallest absolute Gasteiger partial charge is 0.257 e. The number of thiazole rings is 1. The van der Waals surface area contributed by atoms with Crippen molar-refractivity contribution in [1.82, 2.24) is 9.88 Å². The van der Waals surface area contributed by atoms with Gasteiger partial charge in [-0.2, -0.15) is 0 Å². The Morgan fingerprint density at radius 1 is 1.24 bits per heavy atom. The highest BCUT2D eigenvalue weighted by Gasteiger charge is 2.24. The molecule has 130 valence electrons. The van der Waals surface area contributed by atoms with Crippen LogP contribution in [0.1, 0.15) is 33.4 Å². The molecule has 1 aromatic heterocycles. The summed E-state index contributed by atoms with van der Waals surface area (Å²) in [4.78, 5) is 34.0. The van der Waals surface area contributed by atoms with Crippen molar-refractivity contribution < 1.29 is 9.59 Å². The summed E-state index contributed by atoms with van der Waals surface area (Å²) < 4.78 is 0. The van der Waals surface area contributed by atoms with E-state index in [-0.39, 0.29) is 11.8 Å². The molecular formula is C18H20N4O2S. The van der Waals surface area contributed by atoms with Gasteiger partial charge in [0, 0.05) is 49.1 Å². The third kappa shape index (κ3) is 3.05. The lowest BCUT2D eigenvalue weighted by molar-refractivity contribution is -0.116. The van der Waals surface area contributed by atoms with Crippen molar-refractivity contribution in [3.8, 4) is 0 Å². The van der Waals surface area contributed by atoms with Crippen molar-refractivity contribution in [2.45, 2.75) is 26.3 Å². The zero-order valence-corrected chi connectivity index (χ0v) is 15.2. The van der Waals surface area contributed by atoms with Crippen molar-refractivity contribution in [3.05, 3.63) is 39.9 Å². The van der Waals surface area contributed by atoms with Gasteiger partial charge in [0.15, 0.2) is 5.13 Å². The van der Waals surface area contributed by atoms with Gasteiger partial charge < -0.3 is 9.80 Å². The van der Waals surface area contributed by atoms with Crippen molar-refractivity contribution in [3.63, 3.8) is 0 Å². The van der Waals surface area contributed by atoms with E-state index in [0.717, 1.165) is 42.9 Å². The lowest BCUT2D eigenvalue weighted by Gasteiger charge is -2.20. The first-order valence-electron chi connectivity index (χ1n) is 8.41. The number of carbonyl (C=O) groups is 2. The lowest BCUT2D eigenvalue weighted by atomic mass is 10.1. The van der Waals surface area contributed by atoms with E-state index in [1.54, 1.807) is 29.2 Å². The van der Waals surface area contributed by atoms with Crippen LogP contribution in [0.25, 0.3) is 0 Å². The van der Waals surface area contributed by atoms with Gasteiger partial charge in [0.1, 0.15) is 0 Å². The number of fused-ring (bicyclic) bond motifs is 2. The van der Waals surface area contributed by atoms with Crippen LogP contribution in [-0.2, 0) is 24.2 Å². The zero-order valence-electron chi connectivity index (χ0n) is 14.3. The van der Waals surface area contributed by atoms with E-state index in [2.05, 4.69) is 22.2 Å². The van der Waals surface area contributed by atoms with E-state index in [1.165, 1.54) is 4.88 Å². The molecule has 0 bridgehead atoms. The summed E-state index contributed by atoms with van der Waals surface area (Å²) in [5.41, 5.74) is 3.67. The fraction of sp³-hybridized carbons (Fsp3) is 0.389. The molecule has 7 heteroatoms. The Morgan fingerprint density at radius 2 is 2.08 bits per heavy atom. The number of anilines is 2. The minimum absolute atomic E-state index is 0.0364. The third-order valence-electron chi connectivity index (χ3n) is 4.76. The Morgan fingerprint density at radius 3 is 2.88 bits per heavy atom. The minimum Gasteiger partial charge on any atom is -0.312 e. The van der Waals surface area contributed by atoms with E-state index in [9.17, 15) is 9.59 Å². The molecule has 0 spiro atoms. The molecule has 0 unspecified atom stereocenters. The van der Waals surface area contributed by atoms with Gasteiger partial charge in [0.2, 0.25) is 5.91 Å². The number of rotatable bonds is 2. The molecule has 2 aromatic rings. The highest BCUT2D eigenvalue weighted by molar-refractivity contribution is 7.15. The molecular weight excluding hydrogens is 336 g/mol. The van der Waals surface area contributed by atoms with E-state index in [1.807, 2.05) is 12.1 Å². The van der Waals surface area contributed by atoms with Crippen molar-refractivity contribution in [2.24, 2.45) is 0 Å². The average Bonchev–Trinajstić information content (AvgIpc) is 3.16. The minimum atomic E-state index is -0.150. The normalized spacial score (nSPS) is 16.5. The van der Waals surface area contributed by atoms with Crippen LogP contribution in [0.5, 0.6) is 0 Å². The van der Waals surface area contributed by atoms with Gasteiger partial charge in [0.25, 0.3) is 5.91 Å². The van der Waals surface area contributed by atoms with Crippen LogP contribution in [0.4, 0.5) is 10.8 Å². The van der Waals surface area contributed by atoms with Gasteiger partial charge in [-0.1, -0.05) is 0 Å². The second kappa shape index (κ2) is 6.24. The molecule has 4 rings (SSSR count). The maximum atomic E-state index is 12.6. The molecule has 6 nitrogen and oxygen atoms in total. The number of amides is 2. The first-order valence-corrected chi connectivity index (χ1v) is 9.22. The van der Waals surface area contributed by atoms with Crippen molar-refractivity contribution in [1.29, 1.82) is 0 Å².